The molecule has 0 radical (unpaired) electrons. The third kappa shape index (κ3) is 6.07. The number of benzene rings is 2. The lowest BCUT2D eigenvalue weighted by atomic mass is 9.95. The first-order valence-electron chi connectivity index (χ1n) is 8.36. The van der Waals surface area contributed by atoms with Gasteiger partial charge in [-0.2, -0.15) is 0 Å². The molecule has 0 fully saturated rings. The van der Waals surface area contributed by atoms with E-state index in [0.29, 0.717) is 12.2 Å². The van der Waals surface area contributed by atoms with Crippen LogP contribution in [0, 0.1) is 13.8 Å². The normalized spacial score (nSPS) is 11.3. The Labute approximate surface area is 162 Å². The number of aromatic carboxylic acids is 1. The summed E-state index contributed by atoms with van der Waals surface area (Å²) in [5.41, 5.74) is 3.56. The summed E-state index contributed by atoms with van der Waals surface area (Å²) in [6.45, 7) is 3.68. The average molecular weight is 410 g/mol. The number of carbonyl (C=O) groups is 1. The van der Waals surface area contributed by atoms with Crippen LogP contribution in [-0.2, 0) is 15.7 Å². The molecule has 0 saturated carbocycles. The number of ether oxygens (including phenoxy) is 3. The van der Waals surface area contributed by atoms with Crippen molar-refractivity contribution in [3.8, 4) is 11.5 Å². The van der Waals surface area contributed by atoms with Crippen LogP contribution in [0.3, 0.4) is 0 Å². The van der Waals surface area contributed by atoms with Crippen molar-refractivity contribution in [2.45, 2.75) is 20.3 Å². The van der Waals surface area contributed by atoms with E-state index in [0.717, 1.165) is 22.3 Å². The Balaban J connectivity index is 2.26. The van der Waals surface area contributed by atoms with Crippen LogP contribution in [0.4, 0.5) is 0 Å². The van der Waals surface area contributed by atoms with Crippen LogP contribution in [0.15, 0.2) is 30.3 Å². The first kappa shape index (κ1) is 21.9. The lowest BCUT2D eigenvalue weighted by molar-refractivity contribution is 0.0483. The summed E-state index contributed by atoms with van der Waals surface area (Å²) < 4.78 is 26.2. The molecule has 0 heterocycles. The highest BCUT2D eigenvalue weighted by molar-refractivity contribution is 7.51. The fourth-order valence-electron chi connectivity index (χ4n) is 2.78. The first-order chi connectivity index (χ1) is 13.1. The van der Waals surface area contributed by atoms with Crippen LogP contribution < -0.4 is 9.47 Å². The van der Waals surface area contributed by atoms with Gasteiger partial charge in [-0.1, -0.05) is 6.07 Å². The second-order valence-electron chi connectivity index (χ2n) is 6.34. The summed E-state index contributed by atoms with van der Waals surface area (Å²) in [5.74, 6) is -0.494. The summed E-state index contributed by atoms with van der Waals surface area (Å²) in [4.78, 5) is 29.4. The minimum absolute atomic E-state index is 0.0476. The first-order valence-corrected chi connectivity index (χ1v) is 10.2. The molecule has 152 valence electrons. The Kier molecular flexibility index (Phi) is 7.21. The summed E-state index contributed by atoms with van der Waals surface area (Å²) in [5, 5.41) is 9.42. The lowest BCUT2D eigenvalue weighted by Crippen LogP contribution is -2.07. The van der Waals surface area contributed by atoms with Gasteiger partial charge in [-0.25, -0.2) is 4.79 Å². The molecular weight excluding hydrogens is 387 g/mol. The second-order valence-corrected chi connectivity index (χ2v) is 7.92. The lowest BCUT2D eigenvalue weighted by Gasteiger charge is -2.15. The monoisotopic (exact) mass is 410 g/mol. The van der Waals surface area contributed by atoms with Crippen molar-refractivity contribution >= 4 is 13.6 Å². The van der Waals surface area contributed by atoms with Crippen LogP contribution in [0.1, 0.15) is 32.6 Å². The van der Waals surface area contributed by atoms with Crippen molar-refractivity contribution in [2.24, 2.45) is 0 Å². The van der Waals surface area contributed by atoms with E-state index in [9.17, 15) is 14.5 Å². The molecule has 0 aliphatic rings. The van der Waals surface area contributed by atoms with Gasteiger partial charge >= 0.3 is 13.6 Å². The van der Waals surface area contributed by atoms with E-state index in [2.05, 4.69) is 0 Å². The molecule has 0 bridgehead atoms. The van der Waals surface area contributed by atoms with Crippen LogP contribution in [0.2, 0.25) is 0 Å². The molecule has 0 saturated heterocycles. The van der Waals surface area contributed by atoms with Crippen molar-refractivity contribution in [1.29, 1.82) is 0 Å². The van der Waals surface area contributed by atoms with Crippen LogP contribution >= 0.6 is 7.60 Å². The number of hydrogen-bond donors (Lipinski definition) is 3. The van der Waals surface area contributed by atoms with Gasteiger partial charge in [-0.15, -0.1) is 0 Å². The third-order valence-electron chi connectivity index (χ3n) is 4.06. The molecular formula is C19H23O8P. The molecule has 3 N–H and O–H groups in total. The second kappa shape index (κ2) is 9.21. The third-order valence-corrected chi connectivity index (χ3v) is 4.52. The zero-order valence-electron chi connectivity index (χ0n) is 15.8. The molecule has 0 atom stereocenters. The smallest absolute Gasteiger partial charge is 0.362 e. The quantitative estimate of drug-likeness (QED) is 0.426. The molecule has 0 unspecified atom stereocenters. The highest BCUT2D eigenvalue weighted by Gasteiger charge is 2.16. The van der Waals surface area contributed by atoms with E-state index >= 15 is 0 Å². The predicted molar refractivity (Wildman–Crippen MR) is 102 cm³/mol. The Bertz CT molecular complexity index is 880. The van der Waals surface area contributed by atoms with E-state index in [1.54, 1.807) is 30.3 Å². The molecule has 9 heteroatoms. The SMILES string of the molecule is COCOc1ccc(Cc2c(C)cc(OCP(=O)(O)O)cc2C)cc1C(=O)O. The van der Waals surface area contributed by atoms with Crippen LogP contribution in [-0.4, -0.2) is 41.1 Å². The minimum atomic E-state index is -4.25. The fraction of sp³-hybridized carbons (Fsp3) is 0.316. The van der Waals surface area contributed by atoms with Gasteiger partial charge in [0.05, 0.1) is 0 Å². The highest BCUT2D eigenvalue weighted by atomic mass is 31.2. The standard InChI is InChI=1S/C19H23O8P/c1-12-6-15(27-11-28(22,23)24)7-13(2)16(12)8-14-4-5-18(26-10-25-3)17(9-14)19(20)21/h4-7,9H,8,10-11H2,1-3H3,(H,20,21)(H2,22,23,24). The Morgan fingerprint density at radius 1 is 1.07 bits per heavy atom. The van der Waals surface area contributed by atoms with Crippen LogP contribution in [0.5, 0.6) is 11.5 Å². The van der Waals surface area contributed by atoms with Crippen LogP contribution in [0.25, 0.3) is 0 Å². The molecule has 0 aliphatic carbocycles. The van der Waals surface area contributed by atoms with E-state index in [1.807, 2.05) is 13.8 Å². The van der Waals surface area contributed by atoms with Gasteiger partial charge in [0, 0.05) is 7.11 Å². The van der Waals surface area contributed by atoms with E-state index in [1.165, 1.54) is 7.11 Å². The summed E-state index contributed by atoms with van der Waals surface area (Å²) in [7, 11) is -2.80. The van der Waals surface area contributed by atoms with Gasteiger partial charge in [-0.3, -0.25) is 4.57 Å². The Morgan fingerprint density at radius 2 is 1.71 bits per heavy atom. The molecule has 2 rings (SSSR count). The summed E-state index contributed by atoms with van der Waals surface area (Å²) in [6.07, 6.45) is -0.197. The Morgan fingerprint density at radius 3 is 2.25 bits per heavy atom. The summed E-state index contributed by atoms with van der Waals surface area (Å²) >= 11 is 0. The van der Waals surface area contributed by atoms with Crippen molar-refractivity contribution < 1.29 is 38.5 Å². The zero-order valence-corrected chi connectivity index (χ0v) is 16.7. The molecule has 0 aliphatic heterocycles. The van der Waals surface area contributed by atoms with E-state index < -0.39 is 19.9 Å². The zero-order chi connectivity index (χ0) is 20.9. The molecule has 0 amide bonds. The maximum atomic E-state index is 11.5. The largest absolute Gasteiger partial charge is 0.481 e. The predicted octanol–water partition coefficient (Wildman–Crippen LogP) is 3.09. The Hall–Kier alpha value is -2.38. The van der Waals surface area contributed by atoms with Gasteiger partial charge in [0.1, 0.15) is 17.1 Å². The van der Waals surface area contributed by atoms with Gasteiger partial charge in [0.15, 0.2) is 13.1 Å². The number of hydrogen-bond acceptors (Lipinski definition) is 5. The maximum Gasteiger partial charge on any atom is 0.362 e. The van der Waals surface area contributed by atoms with Gasteiger partial charge in [0.2, 0.25) is 0 Å². The molecule has 28 heavy (non-hydrogen) atoms. The molecule has 2 aromatic carbocycles. The number of carboxylic acid groups (broad SMARTS) is 1. The number of aryl methyl sites for hydroxylation is 2. The minimum Gasteiger partial charge on any atom is -0.481 e. The maximum absolute atomic E-state index is 11.5. The molecule has 8 nitrogen and oxygen atoms in total. The highest BCUT2D eigenvalue weighted by Crippen LogP contribution is 2.35. The number of methoxy groups -OCH3 is 1. The van der Waals surface area contributed by atoms with Crippen molar-refractivity contribution in [1.82, 2.24) is 0 Å². The van der Waals surface area contributed by atoms with Crippen molar-refractivity contribution in [2.75, 3.05) is 20.3 Å². The molecule has 0 aromatic heterocycles. The summed E-state index contributed by atoms with van der Waals surface area (Å²) in [6, 6.07) is 8.34. The van der Waals surface area contributed by atoms with Crippen molar-refractivity contribution in [3.63, 3.8) is 0 Å². The molecule has 2 aromatic rings. The van der Waals surface area contributed by atoms with Gasteiger partial charge in [0.25, 0.3) is 0 Å². The molecule has 0 spiro atoms. The van der Waals surface area contributed by atoms with E-state index in [-0.39, 0.29) is 18.1 Å². The number of carboxylic acids is 1. The van der Waals surface area contributed by atoms with Gasteiger partial charge in [-0.05, 0) is 66.8 Å². The average Bonchev–Trinajstić information content (AvgIpc) is 2.61. The topological polar surface area (TPSA) is 123 Å². The fourth-order valence-corrected chi connectivity index (χ4v) is 3.10. The van der Waals surface area contributed by atoms with E-state index in [4.69, 9.17) is 24.0 Å². The van der Waals surface area contributed by atoms with Crippen molar-refractivity contribution in [3.05, 3.63) is 58.1 Å². The number of rotatable bonds is 9. The van der Waals surface area contributed by atoms with Gasteiger partial charge < -0.3 is 29.1 Å².